The Hall–Kier alpha value is -2.10. The van der Waals surface area contributed by atoms with Gasteiger partial charge in [-0.2, -0.15) is 0 Å². The van der Waals surface area contributed by atoms with E-state index in [0.717, 1.165) is 11.1 Å². The van der Waals surface area contributed by atoms with Crippen LogP contribution in [0.1, 0.15) is 0 Å². The fourth-order valence-electron chi connectivity index (χ4n) is 1.47. The number of nitrogens with two attached hydrogens (primary N) is 1. The smallest absolute Gasteiger partial charge is 0.221 e. The molecule has 82 valence electrons. The van der Waals surface area contributed by atoms with Gasteiger partial charge in [0.05, 0.1) is 19.0 Å². The van der Waals surface area contributed by atoms with Gasteiger partial charge in [-0.05, 0) is 23.8 Å². The second-order valence-corrected chi connectivity index (χ2v) is 3.33. The molecule has 0 spiro atoms. The molecule has 0 saturated carbocycles. The largest absolute Gasteiger partial charge is 0.481 e. The summed E-state index contributed by atoms with van der Waals surface area (Å²) in [6.07, 6.45) is 1.52. The molecule has 2 rings (SSSR count). The third-order valence-corrected chi connectivity index (χ3v) is 2.22. The van der Waals surface area contributed by atoms with Crippen molar-refractivity contribution < 1.29 is 9.13 Å². The van der Waals surface area contributed by atoms with Gasteiger partial charge in [-0.15, -0.1) is 0 Å². The van der Waals surface area contributed by atoms with Gasteiger partial charge in [-0.3, -0.25) is 0 Å². The summed E-state index contributed by atoms with van der Waals surface area (Å²) in [6.45, 7) is 0. The summed E-state index contributed by atoms with van der Waals surface area (Å²) in [5.74, 6) is 0.195. The molecule has 0 radical (unpaired) electrons. The predicted molar refractivity (Wildman–Crippen MR) is 60.6 cm³/mol. The normalized spacial score (nSPS) is 10.1. The molecule has 1 heterocycles. The van der Waals surface area contributed by atoms with Crippen molar-refractivity contribution in [2.75, 3.05) is 12.8 Å². The number of pyridine rings is 1. The third kappa shape index (κ3) is 1.95. The van der Waals surface area contributed by atoms with Crippen molar-refractivity contribution in [2.45, 2.75) is 0 Å². The molecule has 1 aromatic carbocycles. The molecule has 0 aliphatic rings. The van der Waals surface area contributed by atoms with E-state index in [1.807, 2.05) is 0 Å². The minimum atomic E-state index is -0.278. The highest BCUT2D eigenvalue weighted by molar-refractivity contribution is 5.71. The highest BCUT2D eigenvalue weighted by Crippen LogP contribution is 2.29. The van der Waals surface area contributed by atoms with Gasteiger partial charge >= 0.3 is 0 Å². The van der Waals surface area contributed by atoms with Crippen LogP contribution in [0.2, 0.25) is 0 Å². The molecule has 0 aliphatic carbocycles. The van der Waals surface area contributed by atoms with Gasteiger partial charge in [-0.25, -0.2) is 9.37 Å². The average molecular weight is 218 g/mol. The number of methoxy groups -OCH3 is 1. The summed E-state index contributed by atoms with van der Waals surface area (Å²) >= 11 is 0. The number of anilines is 1. The van der Waals surface area contributed by atoms with Gasteiger partial charge in [-0.1, -0.05) is 12.1 Å². The van der Waals surface area contributed by atoms with Crippen LogP contribution in [0.5, 0.6) is 5.88 Å². The molecule has 4 heteroatoms. The maximum Gasteiger partial charge on any atom is 0.221 e. The number of ether oxygens (including phenoxy) is 1. The zero-order chi connectivity index (χ0) is 11.5. The van der Waals surface area contributed by atoms with Crippen LogP contribution in [-0.4, -0.2) is 12.1 Å². The Kier molecular flexibility index (Phi) is 2.72. The van der Waals surface area contributed by atoms with E-state index in [0.29, 0.717) is 11.6 Å². The van der Waals surface area contributed by atoms with Crippen LogP contribution < -0.4 is 10.5 Å². The van der Waals surface area contributed by atoms with Crippen molar-refractivity contribution in [3.8, 4) is 17.0 Å². The van der Waals surface area contributed by atoms with E-state index in [4.69, 9.17) is 10.5 Å². The number of nitrogen functional groups attached to an aromatic ring is 1. The number of aromatic nitrogens is 1. The molecule has 16 heavy (non-hydrogen) atoms. The second kappa shape index (κ2) is 4.18. The maximum absolute atomic E-state index is 12.8. The number of halogens is 1. The van der Waals surface area contributed by atoms with Crippen molar-refractivity contribution in [2.24, 2.45) is 0 Å². The average Bonchev–Trinajstić information content (AvgIpc) is 2.30. The van der Waals surface area contributed by atoms with Crippen LogP contribution in [0.3, 0.4) is 0 Å². The highest BCUT2D eigenvalue weighted by Gasteiger charge is 2.07. The molecule has 2 N–H and O–H groups in total. The summed E-state index contributed by atoms with van der Waals surface area (Å²) < 4.78 is 17.9. The Morgan fingerprint density at radius 2 is 1.94 bits per heavy atom. The minimum Gasteiger partial charge on any atom is -0.481 e. The van der Waals surface area contributed by atoms with Crippen LogP contribution in [0.25, 0.3) is 11.1 Å². The molecule has 0 saturated heterocycles. The van der Waals surface area contributed by atoms with Crippen molar-refractivity contribution in [1.29, 1.82) is 0 Å². The van der Waals surface area contributed by atoms with Gasteiger partial charge in [0.2, 0.25) is 5.88 Å². The van der Waals surface area contributed by atoms with Crippen LogP contribution in [0.15, 0.2) is 36.5 Å². The molecular weight excluding hydrogens is 207 g/mol. The predicted octanol–water partition coefficient (Wildman–Crippen LogP) is 2.48. The van der Waals surface area contributed by atoms with E-state index in [1.165, 1.54) is 25.4 Å². The quantitative estimate of drug-likeness (QED) is 0.842. The number of hydrogen-bond donors (Lipinski definition) is 1. The summed E-state index contributed by atoms with van der Waals surface area (Å²) in [7, 11) is 1.53. The van der Waals surface area contributed by atoms with Crippen molar-refractivity contribution in [3.63, 3.8) is 0 Å². The molecule has 3 nitrogen and oxygen atoms in total. The number of hydrogen-bond acceptors (Lipinski definition) is 3. The first-order valence-electron chi connectivity index (χ1n) is 4.76. The van der Waals surface area contributed by atoms with Crippen LogP contribution in [0, 0.1) is 5.82 Å². The zero-order valence-corrected chi connectivity index (χ0v) is 8.77. The number of benzene rings is 1. The van der Waals surface area contributed by atoms with Gasteiger partial charge in [0.1, 0.15) is 5.82 Å². The molecule has 1 aromatic heterocycles. The molecule has 0 fully saturated rings. The lowest BCUT2D eigenvalue weighted by Crippen LogP contribution is -1.94. The van der Waals surface area contributed by atoms with Gasteiger partial charge < -0.3 is 10.5 Å². The fourth-order valence-corrected chi connectivity index (χ4v) is 1.47. The lowest BCUT2D eigenvalue weighted by molar-refractivity contribution is 0.400. The minimum absolute atomic E-state index is 0.278. The summed E-state index contributed by atoms with van der Waals surface area (Å²) in [5, 5.41) is 0. The van der Waals surface area contributed by atoms with Crippen molar-refractivity contribution in [1.82, 2.24) is 4.98 Å². The number of nitrogens with zero attached hydrogens (tertiary/aromatic N) is 1. The molecule has 0 atom stereocenters. The first kappa shape index (κ1) is 10.4. The molecule has 2 aromatic rings. The molecule has 0 aliphatic heterocycles. The third-order valence-electron chi connectivity index (χ3n) is 2.22. The van der Waals surface area contributed by atoms with Gasteiger partial charge in [0.25, 0.3) is 0 Å². The van der Waals surface area contributed by atoms with Crippen LogP contribution >= 0.6 is 0 Å². The highest BCUT2D eigenvalue weighted by atomic mass is 19.1. The van der Waals surface area contributed by atoms with E-state index < -0.39 is 0 Å². The maximum atomic E-state index is 12.8. The number of rotatable bonds is 2. The fraction of sp³-hybridized carbons (Fsp3) is 0.0833. The molecule has 0 amide bonds. The van der Waals surface area contributed by atoms with Crippen LogP contribution in [0.4, 0.5) is 10.1 Å². The zero-order valence-electron chi connectivity index (χ0n) is 8.77. The Bertz CT molecular complexity index is 497. The molecule has 0 unspecified atom stereocenters. The van der Waals surface area contributed by atoms with E-state index in [-0.39, 0.29) is 5.82 Å². The van der Waals surface area contributed by atoms with Crippen molar-refractivity contribution >= 4 is 5.69 Å². The molecule has 0 bridgehead atoms. The van der Waals surface area contributed by atoms with Gasteiger partial charge in [0.15, 0.2) is 0 Å². The Balaban J connectivity index is 2.53. The first-order chi connectivity index (χ1) is 7.70. The Morgan fingerprint density at radius 1 is 1.25 bits per heavy atom. The molecular formula is C12H11FN2O. The van der Waals surface area contributed by atoms with E-state index in [2.05, 4.69) is 4.98 Å². The standard InChI is InChI=1S/C12H11FN2O/c1-16-12-11(6-10(14)7-15-12)8-2-4-9(13)5-3-8/h2-7H,14H2,1H3. The SMILES string of the molecule is COc1ncc(N)cc1-c1ccc(F)cc1. The summed E-state index contributed by atoms with van der Waals surface area (Å²) in [4.78, 5) is 4.05. The lowest BCUT2D eigenvalue weighted by Gasteiger charge is -2.08. The first-order valence-corrected chi connectivity index (χ1v) is 4.76. The van der Waals surface area contributed by atoms with Crippen molar-refractivity contribution in [3.05, 3.63) is 42.3 Å². The van der Waals surface area contributed by atoms with Crippen LogP contribution in [-0.2, 0) is 0 Å². The van der Waals surface area contributed by atoms with E-state index >= 15 is 0 Å². The second-order valence-electron chi connectivity index (χ2n) is 3.33. The monoisotopic (exact) mass is 218 g/mol. The Morgan fingerprint density at radius 3 is 2.56 bits per heavy atom. The Labute approximate surface area is 92.7 Å². The summed E-state index contributed by atoms with van der Waals surface area (Å²) in [6, 6.07) is 7.84. The van der Waals surface area contributed by atoms with E-state index in [9.17, 15) is 4.39 Å². The van der Waals surface area contributed by atoms with E-state index in [1.54, 1.807) is 18.2 Å². The van der Waals surface area contributed by atoms with Gasteiger partial charge in [0, 0.05) is 5.56 Å². The lowest BCUT2D eigenvalue weighted by atomic mass is 10.1. The summed E-state index contributed by atoms with van der Waals surface area (Å²) in [5.41, 5.74) is 7.77. The topological polar surface area (TPSA) is 48.1 Å².